The molecule has 1 N–H and O–H groups in total. The van der Waals surface area contributed by atoms with Crippen molar-refractivity contribution >= 4 is 17.7 Å². The third-order valence-electron chi connectivity index (χ3n) is 4.07. The van der Waals surface area contributed by atoms with E-state index in [-0.39, 0.29) is 5.97 Å². The van der Waals surface area contributed by atoms with E-state index in [0.717, 1.165) is 31.6 Å². The summed E-state index contributed by atoms with van der Waals surface area (Å²) in [6.07, 6.45) is 6.51. The van der Waals surface area contributed by atoms with Gasteiger partial charge in [-0.2, -0.15) is 11.8 Å². The molecule has 0 saturated heterocycles. The van der Waals surface area contributed by atoms with Gasteiger partial charge in [0.25, 0.3) is 0 Å². The van der Waals surface area contributed by atoms with Crippen LogP contribution in [-0.4, -0.2) is 48.9 Å². The second kappa shape index (κ2) is 7.66. The average Bonchev–Trinajstić information content (AvgIpc) is 3.23. The van der Waals surface area contributed by atoms with Crippen LogP contribution in [0.1, 0.15) is 45.4 Å². The van der Waals surface area contributed by atoms with Crippen molar-refractivity contribution in [3.05, 3.63) is 0 Å². The summed E-state index contributed by atoms with van der Waals surface area (Å²) in [4.78, 5) is 12.4. The van der Waals surface area contributed by atoms with E-state index in [1.807, 2.05) is 18.7 Å². The van der Waals surface area contributed by atoms with Crippen LogP contribution in [0, 0.1) is 0 Å². The first-order valence-electron chi connectivity index (χ1n) is 7.75. The zero-order valence-corrected chi connectivity index (χ0v) is 13.5. The minimum Gasteiger partial charge on any atom is -0.465 e. The molecule has 2 rings (SSSR count). The highest BCUT2D eigenvalue weighted by Gasteiger charge is 2.46. The summed E-state index contributed by atoms with van der Waals surface area (Å²) in [5.41, 5.74) is -0.430. The summed E-state index contributed by atoms with van der Waals surface area (Å²) < 4.78 is 10.5. The lowest BCUT2D eigenvalue weighted by atomic mass is 9.81. The molecule has 116 valence electrons. The molecule has 0 aromatic heterocycles. The van der Waals surface area contributed by atoms with Crippen LogP contribution >= 0.6 is 11.8 Å². The van der Waals surface area contributed by atoms with Gasteiger partial charge in [0.15, 0.2) is 0 Å². The Bertz CT molecular complexity index is 322. The van der Waals surface area contributed by atoms with Crippen molar-refractivity contribution in [3.63, 3.8) is 0 Å². The lowest BCUT2D eigenvalue weighted by molar-refractivity contribution is -0.152. The molecule has 2 aliphatic carbocycles. The molecule has 2 fully saturated rings. The maximum atomic E-state index is 12.4. The molecule has 0 aromatic carbocycles. The molecule has 4 nitrogen and oxygen atoms in total. The van der Waals surface area contributed by atoms with Crippen LogP contribution in [0.15, 0.2) is 0 Å². The van der Waals surface area contributed by atoms with E-state index in [0.29, 0.717) is 17.9 Å². The molecule has 0 heterocycles. The summed E-state index contributed by atoms with van der Waals surface area (Å²) in [7, 11) is 1.74. The number of hydrogen-bond donors (Lipinski definition) is 1. The van der Waals surface area contributed by atoms with Gasteiger partial charge in [-0.15, -0.1) is 0 Å². The molecule has 20 heavy (non-hydrogen) atoms. The first-order valence-corrected chi connectivity index (χ1v) is 8.80. The Kier molecular flexibility index (Phi) is 6.18. The van der Waals surface area contributed by atoms with Crippen molar-refractivity contribution in [2.45, 2.75) is 62.3 Å². The van der Waals surface area contributed by atoms with Crippen molar-refractivity contribution in [2.75, 3.05) is 26.1 Å². The predicted octanol–water partition coefficient (Wildman–Crippen LogP) is 2.36. The molecular formula is C15H27NO3S. The van der Waals surface area contributed by atoms with E-state index < -0.39 is 5.54 Å². The van der Waals surface area contributed by atoms with Gasteiger partial charge in [-0.05, 0) is 45.4 Å². The lowest BCUT2D eigenvalue weighted by Crippen LogP contribution is -2.57. The minimum atomic E-state index is -0.430. The van der Waals surface area contributed by atoms with E-state index >= 15 is 0 Å². The fourth-order valence-corrected chi connectivity index (χ4v) is 4.26. The van der Waals surface area contributed by atoms with E-state index in [1.54, 1.807) is 7.11 Å². The summed E-state index contributed by atoms with van der Waals surface area (Å²) in [5.74, 6) is 0.965. The Hall–Kier alpha value is -0.260. The Labute approximate surface area is 126 Å². The zero-order chi connectivity index (χ0) is 14.4. The van der Waals surface area contributed by atoms with Gasteiger partial charge >= 0.3 is 5.97 Å². The molecule has 0 aromatic rings. The second-order valence-electron chi connectivity index (χ2n) is 5.80. The average molecular weight is 301 g/mol. The number of carbonyl (C=O) groups excluding carboxylic acids is 1. The van der Waals surface area contributed by atoms with Crippen LogP contribution < -0.4 is 5.32 Å². The maximum absolute atomic E-state index is 12.4. The van der Waals surface area contributed by atoms with Crippen LogP contribution in [0.25, 0.3) is 0 Å². The quantitative estimate of drug-likeness (QED) is 0.551. The monoisotopic (exact) mass is 301 g/mol. The van der Waals surface area contributed by atoms with Gasteiger partial charge in [0.1, 0.15) is 5.54 Å². The number of methoxy groups -OCH3 is 1. The second-order valence-corrected chi connectivity index (χ2v) is 7.21. The van der Waals surface area contributed by atoms with Crippen molar-refractivity contribution in [2.24, 2.45) is 0 Å². The fourth-order valence-electron chi connectivity index (χ4n) is 2.93. The van der Waals surface area contributed by atoms with Gasteiger partial charge in [-0.3, -0.25) is 10.1 Å². The highest BCUT2D eigenvalue weighted by Crippen LogP contribution is 2.38. The number of ether oxygens (including phenoxy) is 2. The van der Waals surface area contributed by atoms with Crippen LogP contribution in [-0.2, 0) is 14.3 Å². The molecule has 2 saturated carbocycles. The summed E-state index contributed by atoms with van der Waals surface area (Å²) >= 11 is 1.93. The number of nitrogens with one attached hydrogen (secondary N) is 1. The number of rotatable bonds is 8. The van der Waals surface area contributed by atoms with Crippen molar-refractivity contribution in [3.8, 4) is 0 Å². The van der Waals surface area contributed by atoms with Gasteiger partial charge in [0.05, 0.1) is 13.2 Å². The molecule has 0 spiro atoms. The van der Waals surface area contributed by atoms with E-state index in [1.165, 1.54) is 19.3 Å². The van der Waals surface area contributed by atoms with Crippen LogP contribution in [0.5, 0.6) is 0 Å². The number of thioether (sulfide) groups is 1. The molecule has 5 heteroatoms. The molecule has 0 amide bonds. The number of hydrogen-bond acceptors (Lipinski definition) is 5. The maximum Gasteiger partial charge on any atom is 0.326 e. The summed E-state index contributed by atoms with van der Waals surface area (Å²) in [6, 6.07) is 0.530. The van der Waals surface area contributed by atoms with Gasteiger partial charge in [-0.25, -0.2) is 0 Å². The third-order valence-corrected chi connectivity index (χ3v) is 5.35. The molecule has 0 radical (unpaired) electrons. The largest absolute Gasteiger partial charge is 0.465 e. The van der Waals surface area contributed by atoms with E-state index in [2.05, 4.69) is 5.32 Å². The first-order chi connectivity index (χ1) is 9.70. The standard InChI is InChI=1S/C15H27NO3S/c1-3-19-14(17)15(16-12-6-7-12)8-4-5-13(11-15)20-10-9-18-2/h12-13,16H,3-11H2,1-2H3. The van der Waals surface area contributed by atoms with E-state index in [9.17, 15) is 4.79 Å². The van der Waals surface area contributed by atoms with E-state index in [4.69, 9.17) is 9.47 Å². The normalized spacial score (nSPS) is 30.2. The van der Waals surface area contributed by atoms with Gasteiger partial charge in [0, 0.05) is 24.2 Å². The smallest absolute Gasteiger partial charge is 0.326 e. The Morgan fingerprint density at radius 3 is 2.85 bits per heavy atom. The Morgan fingerprint density at radius 2 is 2.20 bits per heavy atom. The van der Waals surface area contributed by atoms with Gasteiger partial charge in [0.2, 0.25) is 0 Å². The van der Waals surface area contributed by atoms with Crippen molar-refractivity contribution in [1.29, 1.82) is 0 Å². The Morgan fingerprint density at radius 1 is 1.40 bits per heavy atom. The third kappa shape index (κ3) is 4.37. The summed E-state index contributed by atoms with van der Waals surface area (Å²) in [5, 5.41) is 4.13. The predicted molar refractivity (Wildman–Crippen MR) is 82.1 cm³/mol. The molecule has 2 unspecified atom stereocenters. The fraction of sp³-hybridized carbons (Fsp3) is 0.933. The topological polar surface area (TPSA) is 47.6 Å². The first kappa shape index (κ1) is 16.1. The number of esters is 1. The van der Waals surface area contributed by atoms with Crippen LogP contribution in [0.3, 0.4) is 0 Å². The van der Waals surface area contributed by atoms with Crippen LogP contribution in [0.4, 0.5) is 0 Å². The van der Waals surface area contributed by atoms with Crippen molar-refractivity contribution < 1.29 is 14.3 Å². The minimum absolute atomic E-state index is 0.0380. The summed E-state index contributed by atoms with van der Waals surface area (Å²) in [6.45, 7) is 3.13. The molecule has 2 atom stereocenters. The molecule has 0 aliphatic heterocycles. The van der Waals surface area contributed by atoms with Crippen LogP contribution in [0.2, 0.25) is 0 Å². The highest BCUT2D eigenvalue weighted by molar-refractivity contribution is 7.99. The zero-order valence-electron chi connectivity index (χ0n) is 12.7. The van der Waals surface area contributed by atoms with Gasteiger partial charge in [-0.1, -0.05) is 0 Å². The Balaban J connectivity index is 1.95. The van der Waals surface area contributed by atoms with Gasteiger partial charge < -0.3 is 9.47 Å². The SMILES string of the molecule is CCOC(=O)C1(NC2CC2)CCCC(SCCOC)C1. The molecular weight excluding hydrogens is 274 g/mol. The number of carbonyl (C=O) groups is 1. The molecule has 0 bridgehead atoms. The highest BCUT2D eigenvalue weighted by atomic mass is 32.2. The van der Waals surface area contributed by atoms with Crippen molar-refractivity contribution in [1.82, 2.24) is 5.32 Å². The molecule has 2 aliphatic rings. The lowest BCUT2D eigenvalue weighted by Gasteiger charge is -2.39.